The Morgan fingerprint density at radius 2 is 2.08 bits per heavy atom. The number of allylic oxidation sites excluding steroid dienone is 1. The van der Waals surface area contributed by atoms with Gasteiger partial charge in [0.2, 0.25) is 5.91 Å². The first-order chi connectivity index (χ1) is 12.2. The lowest BCUT2D eigenvalue weighted by Gasteiger charge is -2.31. The van der Waals surface area contributed by atoms with Gasteiger partial charge >= 0.3 is 6.03 Å². The number of amides is 3. The number of piperidine rings is 1. The zero-order valence-electron chi connectivity index (χ0n) is 14.6. The summed E-state index contributed by atoms with van der Waals surface area (Å²) < 4.78 is 0. The summed E-state index contributed by atoms with van der Waals surface area (Å²) in [6, 6.07) is 3.75. The third-order valence-electron chi connectivity index (χ3n) is 5.03. The molecule has 0 radical (unpaired) electrons. The predicted molar refractivity (Wildman–Crippen MR) is 102 cm³/mol. The van der Waals surface area contributed by atoms with Gasteiger partial charge in [0.05, 0.1) is 5.00 Å². The van der Waals surface area contributed by atoms with E-state index in [-0.39, 0.29) is 17.9 Å². The molecule has 1 fully saturated rings. The Hall–Kier alpha value is -1.82. The molecule has 3 rings (SSSR count). The van der Waals surface area contributed by atoms with Gasteiger partial charge in [0.15, 0.2) is 0 Å². The number of likely N-dealkylation sites (tertiary alicyclic amines) is 1. The first-order valence-electron chi connectivity index (χ1n) is 9.27. The number of carbonyl (C=O) groups is 2. The molecular weight excluding hydrogens is 334 g/mol. The van der Waals surface area contributed by atoms with Crippen LogP contribution in [-0.2, 0) is 4.79 Å². The van der Waals surface area contributed by atoms with Crippen LogP contribution in [0.5, 0.6) is 0 Å². The molecule has 1 aromatic heterocycles. The van der Waals surface area contributed by atoms with Crippen LogP contribution in [0.15, 0.2) is 29.2 Å². The maximum absolute atomic E-state index is 12.3. The molecule has 25 heavy (non-hydrogen) atoms. The van der Waals surface area contributed by atoms with Crippen molar-refractivity contribution in [2.45, 2.75) is 44.9 Å². The van der Waals surface area contributed by atoms with Crippen molar-refractivity contribution >= 4 is 28.3 Å². The first kappa shape index (κ1) is 18.0. The number of urea groups is 1. The summed E-state index contributed by atoms with van der Waals surface area (Å²) in [6.07, 6.45) is 9.76. The summed E-state index contributed by atoms with van der Waals surface area (Å²) >= 11 is 1.51. The molecule has 1 aliphatic heterocycles. The minimum absolute atomic E-state index is 0.0334. The number of thiophene rings is 1. The minimum atomic E-state index is -0.0643. The monoisotopic (exact) mass is 361 g/mol. The Labute approximate surface area is 153 Å². The highest BCUT2D eigenvalue weighted by Crippen LogP contribution is 2.21. The van der Waals surface area contributed by atoms with Crippen molar-refractivity contribution in [3.8, 4) is 0 Å². The van der Waals surface area contributed by atoms with Gasteiger partial charge in [-0.2, -0.15) is 0 Å². The number of nitrogens with one attached hydrogen (secondary N) is 2. The Morgan fingerprint density at radius 3 is 2.76 bits per heavy atom. The average Bonchev–Trinajstić information content (AvgIpc) is 3.15. The number of nitrogens with zero attached hydrogens (tertiary/aromatic N) is 1. The van der Waals surface area contributed by atoms with E-state index in [0.717, 1.165) is 30.8 Å². The first-order valence-corrected chi connectivity index (χ1v) is 10.2. The molecule has 1 saturated heterocycles. The van der Waals surface area contributed by atoms with Gasteiger partial charge in [0.1, 0.15) is 0 Å². The van der Waals surface area contributed by atoms with E-state index >= 15 is 0 Å². The number of hydrogen-bond acceptors (Lipinski definition) is 3. The van der Waals surface area contributed by atoms with Crippen LogP contribution in [0.4, 0.5) is 9.80 Å². The fourth-order valence-electron chi connectivity index (χ4n) is 3.50. The van der Waals surface area contributed by atoms with Gasteiger partial charge in [-0.1, -0.05) is 11.6 Å². The quantitative estimate of drug-likeness (QED) is 0.779. The van der Waals surface area contributed by atoms with Crippen molar-refractivity contribution in [2.75, 3.05) is 25.0 Å². The van der Waals surface area contributed by atoms with E-state index in [2.05, 4.69) is 16.7 Å². The molecule has 2 aliphatic rings. The van der Waals surface area contributed by atoms with Gasteiger partial charge in [-0.25, -0.2) is 4.79 Å². The Balaban J connectivity index is 1.35. The molecule has 0 spiro atoms. The van der Waals surface area contributed by atoms with Crippen molar-refractivity contribution in [2.24, 2.45) is 5.92 Å². The van der Waals surface area contributed by atoms with Crippen LogP contribution in [0.3, 0.4) is 0 Å². The number of anilines is 1. The van der Waals surface area contributed by atoms with Crippen LogP contribution in [0, 0.1) is 5.92 Å². The normalized spacial score (nSPS) is 18.6. The van der Waals surface area contributed by atoms with Crippen molar-refractivity contribution in [1.82, 2.24) is 10.2 Å². The standard InChI is InChI=1S/C19H27N3O2S/c23-18(20-11-8-15-5-2-1-3-6-15)16-9-12-22(13-10-16)19(24)21-17-7-4-14-25-17/h4-5,7,14,16H,1-3,6,8-13H2,(H,20,23)(H,21,24). The molecule has 6 heteroatoms. The Kier molecular flexibility index (Phi) is 6.50. The molecule has 1 aliphatic carbocycles. The fraction of sp³-hybridized carbons (Fsp3) is 0.579. The molecule has 136 valence electrons. The second kappa shape index (κ2) is 9.04. The van der Waals surface area contributed by atoms with Crippen molar-refractivity contribution < 1.29 is 9.59 Å². The van der Waals surface area contributed by atoms with E-state index in [1.54, 1.807) is 4.90 Å². The lowest BCUT2D eigenvalue weighted by molar-refractivity contribution is -0.126. The highest BCUT2D eigenvalue weighted by atomic mass is 32.1. The molecule has 0 bridgehead atoms. The second-order valence-corrected chi connectivity index (χ2v) is 7.77. The number of carbonyl (C=O) groups excluding carboxylic acids is 2. The topological polar surface area (TPSA) is 61.4 Å². The van der Waals surface area contributed by atoms with Crippen LogP contribution >= 0.6 is 11.3 Å². The van der Waals surface area contributed by atoms with Gasteiger partial charge in [-0.15, -0.1) is 11.3 Å². The van der Waals surface area contributed by atoms with E-state index in [9.17, 15) is 9.59 Å². The van der Waals surface area contributed by atoms with Crippen molar-refractivity contribution in [1.29, 1.82) is 0 Å². The molecule has 0 saturated carbocycles. The third kappa shape index (κ3) is 5.33. The maximum atomic E-state index is 12.3. The summed E-state index contributed by atoms with van der Waals surface area (Å²) in [6.45, 7) is 2.02. The van der Waals surface area contributed by atoms with Crippen LogP contribution in [0.25, 0.3) is 0 Å². The average molecular weight is 362 g/mol. The smallest absolute Gasteiger partial charge is 0.322 e. The van der Waals surface area contributed by atoms with E-state index in [4.69, 9.17) is 0 Å². The van der Waals surface area contributed by atoms with Gasteiger partial charge < -0.3 is 10.2 Å². The number of hydrogen-bond donors (Lipinski definition) is 2. The van der Waals surface area contributed by atoms with Crippen molar-refractivity contribution in [3.05, 3.63) is 29.2 Å². The van der Waals surface area contributed by atoms with E-state index in [1.165, 1.54) is 42.6 Å². The third-order valence-corrected chi connectivity index (χ3v) is 5.82. The van der Waals surface area contributed by atoms with Crippen LogP contribution < -0.4 is 10.6 Å². The van der Waals surface area contributed by atoms with Gasteiger partial charge in [0.25, 0.3) is 0 Å². The molecule has 0 atom stereocenters. The molecule has 2 N–H and O–H groups in total. The van der Waals surface area contributed by atoms with E-state index in [1.807, 2.05) is 17.5 Å². The SMILES string of the molecule is O=C(NCCC1=CCCCC1)C1CCN(C(=O)Nc2cccs2)CC1. The zero-order valence-corrected chi connectivity index (χ0v) is 15.4. The second-order valence-electron chi connectivity index (χ2n) is 6.82. The fourth-order valence-corrected chi connectivity index (χ4v) is 4.11. The lowest BCUT2D eigenvalue weighted by atomic mass is 9.95. The Bertz CT molecular complexity index is 604. The van der Waals surface area contributed by atoms with Gasteiger partial charge in [0, 0.05) is 25.6 Å². The molecule has 0 aromatic carbocycles. The lowest BCUT2D eigenvalue weighted by Crippen LogP contribution is -2.44. The number of rotatable bonds is 5. The predicted octanol–water partition coefficient (Wildman–Crippen LogP) is 4.00. The van der Waals surface area contributed by atoms with Gasteiger partial charge in [-0.3, -0.25) is 10.1 Å². The minimum Gasteiger partial charge on any atom is -0.356 e. The largest absolute Gasteiger partial charge is 0.356 e. The molecule has 2 heterocycles. The van der Waals surface area contributed by atoms with Gasteiger partial charge in [-0.05, 0) is 62.5 Å². The van der Waals surface area contributed by atoms with E-state index < -0.39 is 0 Å². The molecule has 0 unspecified atom stereocenters. The summed E-state index contributed by atoms with van der Waals surface area (Å²) in [5.41, 5.74) is 1.49. The molecule has 5 nitrogen and oxygen atoms in total. The summed E-state index contributed by atoms with van der Waals surface area (Å²) in [5.74, 6) is 0.181. The molecule has 3 amide bonds. The summed E-state index contributed by atoms with van der Waals surface area (Å²) in [5, 5.41) is 8.79. The van der Waals surface area contributed by atoms with Crippen LogP contribution in [0.1, 0.15) is 44.9 Å². The van der Waals surface area contributed by atoms with E-state index in [0.29, 0.717) is 13.1 Å². The maximum Gasteiger partial charge on any atom is 0.322 e. The van der Waals surface area contributed by atoms with Crippen LogP contribution in [-0.4, -0.2) is 36.5 Å². The summed E-state index contributed by atoms with van der Waals surface area (Å²) in [7, 11) is 0. The van der Waals surface area contributed by atoms with Crippen LogP contribution in [0.2, 0.25) is 0 Å². The highest BCUT2D eigenvalue weighted by Gasteiger charge is 2.27. The zero-order chi connectivity index (χ0) is 17.5. The highest BCUT2D eigenvalue weighted by molar-refractivity contribution is 7.14. The molecular formula is C19H27N3O2S. The van der Waals surface area contributed by atoms with Crippen molar-refractivity contribution in [3.63, 3.8) is 0 Å². The Morgan fingerprint density at radius 1 is 1.24 bits per heavy atom. The summed E-state index contributed by atoms with van der Waals surface area (Å²) in [4.78, 5) is 26.3. The molecule has 1 aromatic rings.